The lowest BCUT2D eigenvalue weighted by Crippen LogP contribution is -2.43. The van der Waals surface area contributed by atoms with Gasteiger partial charge in [-0.2, -0.15) is 0 Å². The van der Waals surface area contributed by atoms with E-state index in [9.17, 15) is 9.59 Å². The third-order valence-corrected chi connectivity index (χ3v) is 4.95. The third kappa shape index (κ3) is 3.23. The van der Waals surface area contributed by atoms with Crippen LogP contribution in [0.5, 0.6) is 0 Å². The summed E-state index contributed by atoms with van der Waals surface area (Å²) in [6.45, 7) is 0.516. The molecular formula is C18H16N4O3S. The lowest BCUT2D eigenvalue weighted by Gasteiger charge is -2.22. The van der Waals surface area contributed by atoms with Gasteiger partial charge in [0.1, 0.15) is 6.04 Å². The molecule has 1 N–H and O–H groups in total. The monoisotopic (exact) mass is 368 g/mol. The van der Waals surface area contributed by atoms with E-state index < -0.39 is 6.04 Å². The van der Waals surface area contributed by atoms with Gasteiger partial charge in [-0.15, -0.1) is 11.3 Å². The van der Waals surface area contributed by atoms with Crippen molar-refractivity contribution in [1.82, 2.24) is 15.0 Å². The van der Waals surface area contributed by atoms with Gasteiger partial charge in [-0.3, -0.25) is 9.59 Å². The Balaban J connectivity index is 1.50. The van der Waals surface area contributed by atoms with Crippen molar-refractivity contribution >= 4 is 28.3 Å². The molecule has 1 aliphatic rings. The van der Waals surface area contributed by atoms with E-state index in [-0.39, 0.29) is 17.5 Å². The number of benzene rings is 1. The fourth-order valence-electron chi connectivity index (χ4n) is 3.02. The van der Waals surface area contributed by atoms with Gasteiger partial charge in [0.05, 0.1) is 0 Å². The van der Waals surface area contributed by atoms with Gasteiger partial charge in [-0.25, -0.2) is 4.98 Å². The summed E-state index contributed by atoms with van der Waals surface area (Å²) in [6.07, 6.45) is 3.01. The Bertz CT molecular complexity index is 908. The second kappa shape index (κ2) is 7.09. The summed E-state index contributed by atoms with van der Waals surface area (Å²) >= 11 is 1.34. The van der Waals surface area contributed by atoms with Crippen molar-refractivity contribution in [3.05, 3.63) is 53.7 Å². The van der Waals surface area contributed by atoms with Crippen LogP contribution in [0.1, 0.15) is 23.3 Å². The van der Waals surface area contributed by atoms with Crippen molar-refractivity contribution in [2.24, 2.45) is 0 Å². The molecule has 1 fully saturated rings. The fourth-order valence-corrected chi connectivity index (χ4v) is 3.55. The van der Waals surface area contributed by atoms with Crippen molar-refractivity contribution in [1.29, 1.82) is 0 Å². The number of aromatic nitrogens is 2. The zero-order valence-electron chi connectivity index (χ0n) is 13.8. The van der Waals surface area contributed by atoms with Crippen LogP contribution in [-0.2, 0) is 4.79 Å². The van der Waals surface area contributed by atoms with Crippen LogP contribution in [0.2, 0.25) is 0 Å². The minimum Gasteiger partial charge on any atom is -0.355 e. The Morgan fingerprint density at radius 3 is 2.88 bits per heavy atom. The van der Waals surface area contributed by atoms with E-state index in [0.29, 0.717) is 23.9 Å². The molecule has 1 unspecified atom stereocenters. The second-order valence-electron chi connectivity index (χ2n) is 5.93. The molecule has 1 atom stereocenters. The summed E-state index contributed by atoms with van der Waals surface area (Å²) < 4.78 is 5.31. The smallest absolute Gasteiger partial charge is 0.276 e. The zero-order valence-corrected chi connectivity index (χ0v) is 14.6. The highest BCUT2D eigenvalue weighted by Crippen LogP contribution is 2.25. The molecule has 26 heavy (non-hydrogen) atoms. The lowest BCUT2D eigenvalue weighted by atomic mass is 10.1. The van der Waals surface area contributed by atoms with Crippen LogP contribution in [0, 0.1) is 0 Å². The Hall–Kier alpha value is -3.00. The van der Waals surface area contributed by atoms with Gasteiger partial charge in [0, 0.05) is 29.8 Å². The van der Waals surface area contributed by atoms with Gasteiger partial charge in [-0.05, 0) is 12.8 Å². The highest BCUT2D eigenvalue weighted by atomic mass is 32.1. The van der Waals surface area contributed by atoms with E-state index in [0.717, 1.165) is 12.0 Å². The van der Waals surface area contributed by atoms with Gasteiger partial charge >= 0.3 is 0 Å². The molecule has 132 valence electrons. The minimum atomic E-state index is -0.525. The predicted molar refractivity (Wildman–Crippen MR) is 96.7 cm³/mol. The molecule has 2 amide bonds. The number of carbonyl (C=O) groups excluding carboxylic acids is 2. The molecule has 1 saturated heterocycles. The average Bonchev–Trinajstić information content (AvgIpc) is 3.42. The summed E-state index contributed by atoms with van der Waals surface area (Å²) in [7, 11) is 0. The van der Waals surface area contributed by atoms with Crippen LogP contribution in [0.4, 0.5) is 5.13 Å². The summed E-state index contributed by atoms with van der Waals surface area (Å²) in [5, 5.41) is 8.98. The normalized spacial score (nSPS) is 16.6. The Morgan fingerprint density at radius 2 is 2.12 bits per heavy atom. The van der Waals surface area contributed by atoms with Gasteiger partial charge in [0.2, 0.25) is 5.91 Å². The molecule has 1 aromatic carbocycles. The van der Waals surface area contributed by atoms with Crippen molar-refractivity contribution in [2.75, 3.05) is 11.9 Å². The first-order valence-electron chi connectivity index (χ1n) is 8.26. The molecule has 0 aliphatic carbocycles. The number of rotatable bonds is 4. The number of anilines is 1. The van der Waals surface area contributed by atoms with Crippen molar-refractivity contribution in [3.8, 4) is 11.3 Å². The van der Waals surface area contributed by atoms with E-state index in [1.165, 1.54) is 11.3 Å². The summed E-state index contributed by atoms with van der Waals surface area (Å²) in [4.78, 5) is 30.9. The van der Waals surface area contributed by atoms with Gasteiger partial charge in [0.15, 0.2) is 16.6 Å². The largest absolute Gasteiger partial charge is 0.355 e. The van der Waals surface area contributed by atoms with E-state index >= 15 is 0 Å². The number of thiazole rings is 1. The first-order valence-corrected chi connectivity index (χ1v) is 9.14. The highest BCUT2D eigenvalue weighted by Gasteiger charge is 2.36. The second-order valence-corrected chi connectivity index (χ2v) is 6.82. The third-order valence-electron chi connectivity index (χ3n) is 4.27. The molecule has 0 saturated carbocycles. The number of nitrogens with one attached hydrogen (secondary N) is 1. The van der Waals surface area contributed by atoms with E-state index in [1.807, 2.05) is 30.3 Å². The molecule has 1 aliphatic heterocycles. The van der Waals surface area contributed by atoms with Crippen LogP contribution in [0.25, 0.3) is 11.3 Å². The predicted octanol–water partition coefficient (Wildman–Crippen LogP) is 3.04. The SMILES string of the molecule is O=C(Nc1nccs1)C1CCCN1C(=O)c1cc(-c2ccccc2)on1. The number of amides is 2. The van der Waals surface area contributed by atoms with Crippen LogP contribution >= 0.6 is 11.3 Å². The maximum Gasteiger partial charge on any atom is 0.276 e. The molecule has 8 heteroatoms. The Labute approximate surface area is 153 Å². The average molecular weight is 368 g/mol. The molecule has 2 aromatic heterocycles. The number of hydrogen-bond donors (Lipinski definition) is 1. The molecule has 0 spiro atoms. The molecule has 0 bridgehead atoms. The molecule has 0 radical (unpaired) electrons. The van der Waals surface area contributed by atoms with Crippen LogP contribution in [0.15, 0.2) is 52.5 Å². The number of likely N-dealkylation sites (tertiary alicyclic amines) is 1. The Kier molecular flexibility index (Phi) is 4.49. The highest BCUT2D eigenvalue weighted by molar-refractivity contribution is 7.13. The molecular weight excluding hydrogens is 352 g/mol. The molecule has 7 nitrogen and oxygen atoms in total. The number of hydrogen-bond acceptors (Lipinski definition) is 6. The van der Waals surface area contributed by atoms with E-state index in [1.54, 1.807) is 22.5 Å². The maximum absolute atomic E-state index is 12.8. The Morgan fingerprint density at radius 1 is 1.27 bits per heavy atom. The first-order chi connectivity index (χ1) is 12.7. The summed E-state index contributed by atoms with van der Waals surface area (Å²) in [5.74, 6) is 0.00207. The quantitative estimate of drug-likeness (QED) is 0.765. The van der Waals surface area contributed by atoms with Crippen molar-refractivity contribution < 1.29 is 14.1 Å². The van der Waals surface area contributed by atoms with E-state index in [2.05, 4.69) is 15.5 Å². The number of nitrogens with zero attached hydrogens (tertiary/aromatic N) is 3. The molecule has 3 heterocycles. The lowest BCUT2D eigenvalue weighted by molar-refractivity contribution is -0.119. The molecule has 4 rings (SSSR count). The van der Waals surface area contributed by atoms with Crippen LogP contribution in [-0.4, -0.2) is 39.4 Å². The van der Waals surface area contributed by atoms with Crippen molar-refractivity contribution in [2.45, 2.75) is 18.9 Å². The van der Waals surface area contributed by atoms with Crippen molar-refractivity contribution in [3.63, 3.8) is 0 Å². The first kappa shape index (κ1) is 16.5. The van der Waals surface area contributed by atoms with Crippen LogP contribution in [0.3, 0.4) is 0 Å². The zero-order chi connectivity index (χ0) is 17.9. The van der Waals surface area contributed by atoms with Gasteiger partial charge in [0.25, 0.3) is 5.91 Å². The summed E-state index contributed by atoms with van der Waals surface area (Å²) in [5.41, 5.74) is 1.05. The van der Waals surface area contributed by atoms with Crippen LogP contribution < -0.4 is 5.32 Å². The van der Waals surface area contributed by atoms with E-state index in [4.69, 9.17) is 4.52 Å². The molecule has 3 aromatic rings. The number of carbonyl (C=O) groups is 2. The fraction of sp³-hybridized carbons (Fsp3) is 0.222. The summed E-state index contributed by atoms with van der Waals surface area (Å²) in [6, 6.07) is 10.5. The van der Waals surface area contributed by atoms with Gasteiger partial charge in [-0.1, -0.05) is 35.5 Å². The topological polar surface area (TPSA) is 88.3 Å². The standard InChI is InChI=1S/C18H16N4O3S/c23-16(20-18-19-8-10-26-18)14-7-4-9-22(14)17(24)13-11-15(25-21-13)12-5-2-1-3-6-12/h1-3,5-6,8,10-11,14H,4,7,9H2,(H,19,20,23). The minimum absolute atomic E-state index is 0.206. The maximum atomic E-state index is 12.8. The van der Waals surface area contributed by atoms with Gasteiger partial charge < -0.3 is 14.7 Å².